The predicted octanol–water partition coefficient (Wildman–Crippen LogP) is 7.89. The van der Waals surface area contributed by atoms with E-state index in [-0.39, 0.29) is 0 Å². The number of aliphatic hydroxyl groups is 1. The van der Waals surface area contributed by atoms with Gasteiger partial charge in [-0.3, -0.25) is 4.79 Å². The molecule has 0 bridgehead atoms. The Morgan fingerprint density at radius 2 is 1.68 bits per heavy atom. The van der Waals surface area contributed by atoms with Crippen LogP contribution >= 0.6 is 0 Å². The lowest BCUT2D eigenvalue weighted by Crippen LogP contribution is -2.24. The summed E-state index contributed by atoms with van der Waals surface area (Å²) in [5.41, 5.74) is 8.09. The molecule has 4 N–H and O–H groups in total. The van der Waals surface area contributed by atoms with E-state index in [1.807, 2.05) is 66.7 Å². The highest BCUT2D eigenvalue weighted by Gasteiger charge is 2.18. The smallest absolute Gasteiger partial charge is 0.143 e. The molecule has 0 aliphatic carbocycles. The van der Waals surface area contributed by atoms with Gasteiger partial charge in [-0.1, -0.05) is 79.9 Å². The lowest BCUT2D eigenvalue weighted by molar-refractivity contribution is -0.104. The average Bonchev–Trinajstić information content (AvgIpc) is 3.11. The summed E-state index contributed by atoms with van der Waals surface area (Å²) in [6.07, 6.45) is 9.26. The van der Waals surface area contributed by atoms with E-state index in [0.717, 1.165) is 46.5 Å². The van der Waals surface area contributed by atoms with Crippen molar-refractivity contribution in [3.63, 3.8) is 0 Å². The minimum Gasteiger partial charge on any atom is -0.496 e. The maximum Gasteiger partial charge on any atom is 0.143 e. The fraction of sp³-hybridized carbons (Fsp3) is 0.175. The molecule has 1 atom stereocenters. The molecule has 0 amide bonds. The van der Waals surface area contributed by atoms with E-state index in [0.29, 0.717) is 42.3 Å². The van der Waals surface area contributed by atoms with Gasteiger partial charge in [0.05, 0.1) is 18.9 Å². The van der Waals surface area contributed by atoms with E-state index in [4.69, 9.17) is 9.47 Å². The lowest BCUT2D eigenvalue weighted by Gasteiger charge is -2.20. The van der Waals surface area contributed by atoms with Gasteiger partial charge in [-0.15, -0.1) is 0 Å². The highest BCUT2D eigenvalue weighted by atomic mass is 16.5. The summed E-state index contributed by atoms with van der Waals surface area (Å²) in [7, 11) is 3.45. The fourth-order valence-electron chi connectivity index (χ4n) is 5.24. The number of hydrogen-bond donors (Lipinski definition) is 4. The van der Waals surface area contributed by atoms with Crippen LogP contribution in [0.4, 0.5) is 17.1 Å². The zero-order valence-corrected chi connectivity index (χ0v) is 27.0. The van der Waals surface area contributed by atoms with Gasteiger partial charge in [-0.25, -0.2) is 0 Å². The van der Waals surface area contributed by atoms with Crippen LogP contribution in [0.3, 0.4) is 0 Å². The summed E-state index contributed by atoms with van der Waals surface area (Å²) in [4.78, 5) is 11.2. The van der Waals surface area contributed by atoms with Gasteiger partial charge in [0, 0.05) is 36.1 Å². The number of carbonyl (C=O) groups is 1. The quantitative estimate of drug-likeness (QED) is 0.0385. The van der Waals surface area contributed by atoms with Crippen LogP contribution in [0.25, 0.3) is 11.6 Å². The third kappa shape index (κ3) is 9.56. The number of carbonyl (C=O) groups excluding carboxylic acids is 1. The van der Waals surface area contributed by atoms with E-state index < -0.39 is 6.10 Å². The van der Waals surface area contributed by atoms with Crippen molar-refractivity contribution in [1.29, 1.82) is 0 Å². The zero-order valence-electron chi connectivity index (χ0n) is 27.0. The number of aldehydes is 1. The van der Waals surface area contributed by atoms with Gasteiger partial charge in [0.15, 0.2) is 0 Å². The van der Waals surface area contributed by atoms with E-state index >= 15 is 0 Å². The molecule has 0 radical (unpaired) electrons. The molecule has 0 aromatic heterocycles. The van der Waals surface area contributed by atoms with Crippen molar-refractivity contribution in [2.75, 3.05) is 37.9 Å². The Labute approximate surface area is 278 Å². The molecule has 0 spiro atoms. The second-order valence-corrected chi connectivity index (χ2v) is 10.7. The van der Waals surface area contributed by atoms with Gasteiger partial charge >= 0.3 is 0 Å². The first-order valence-corrected chi connectivity index (χ1v) is 15.5. The number of methoxy groups -OCH3 is 1. The minimum absolute atomic E-state index is 0.349. The number of aliphatic hydroxyl groups excluding tert-OH is 1. The van der Waals surface area contributed by atoms with Gasteiger partial charge in [-0.2, -0.15) is 0 Å². The van der Waals surface area contributed by atoms with Crippen molar-refractivity contribution >= 4 is 35.0 Å². The van der Waals surface area contributed by atoms with Crippen LogP contribution < -0.4 is 25.4 Å². The Bertz CT molecular complexity index is 1700. The first-order chi connectivity index (χ1) is 23.0. The topological polar surface area (TPSA) is 91.9 Å². The summed E-state index contributed by atoms with van der Waals surface area (Å²) < 4.78 is 11.6. The lowest BCUT2D eigenvalue weighted by atomic mass is 9.98. The third-order valence-corrected chi connectivity index (χ3v) is 7.63. The molecule has 4 aromatic carbocycles. The summed E-state index contributed by atoms with van der Waals surface area (Å²) in [5.74, 6) is 1.40. The van der Waals surface area contributed by atoms with Crippen LogP contribution in [-0.4, -0.2) is 38.6 Å². The molecule has 4 rings (SSSR count). The Kier molecular flexibility index (Phi) is 13.2. The first-order valence-electron chi connectivity index (χ1n) is 15.5. The monoisotopic (exact) mass is 629 g/mol. The zero-order chi connectivity index (χ0) is 33.4. The Balaban J connectivity index is 1.35. The second-order valence-electron chi connectivity index (χ2n) is 10.7. The van der Waals surface area contributed by atoms with Crippen molar-refractivity contribution in [3.05, 3.63) is 150 Å². The number of benzene rings is 4. The largest absolute Gasteiger partial charge is 0.496 e. The maximum absolute atomic E-state index is 11.2. The van der Waals surface area contributed by atoms with Crippen molar-refractivity contribution in [2.24, 2.45) is 0 Å². The van der Waals surface area contributed by atoms with Crippen molar-refractivity contribution in [3.8, 4) is 11.5 Å². The number of hydrogen-bond acceptors (Lipinski definition) is 7. The molecule has 1 unspecified atom stereocenters. The van der Waals surface area contributed by atoms with Gasteiger partial charge in [-0.05, 0) is 83.8 Å². The van der Waals surface area contributed by atoms with Crippen molar-refractivity contribution < 1.29 is 19.4 Å². The summed E-state index contributed by atoms with van der Waals surface area (Å²) in [5, 5.41) is 21.2. The fourth-order valence-corrected chi connectivity index (χ4v) is 5.24. The third-order valence-electron chi connectivity index (χ3n) is 7.63. The van der Waals surface area contributed by atoms with Crippen LogP contribution in [0.15, 0.2) is 122 Å². The number of nitrogens with one attached hydrogen (secondary N) is 3. The molecule has 0 saturated heterocycles. The molecule has 7 heteroatoms. The molecular formula is C40H43N3O4. The van der Waals surface area contributed by atoms with Gasteiger partial charge in [0.2, 0.25) is 0 Å². The minimum atomic E-state index is -0.791. The highest BCUT2D eigenvalue weighted by molar-refractivity contribution is 5.82. The second kappa shape index (κ2) is 17.9. The van der Waals surface area contributed by atoms with E-state index in [9.17, 15) is 9.90 Å². The van der Waals surface area contributed by atoms with Crippen molar-refractivity contribution in [1.82, 2.24) is 5.32 Å². The van der Waals surface area contributed by atoms with Crippen molar-refractivity contribution in [2.45, 2.75) is 19.1 Å². The van der Waals surface area contributed by atoms with Crippen LogP contribution in [0.2, 0.25) is 0 Å². The molecule has 0 aliphatic heterocycles. The molecule has 0 aliphatic rings. The maximum atomic E-state index is 11.2. The molecule has 242 valence electrons. The Hall–Kier alpha value is -5.37. The summed E-state index contributed by atoms with van der Waals surface area (Å²) in [6.45, 7) is 9.15. The molecule has 47 heavy (non-hydrogen) atoms. The number of ether oxygens (including phenoxy) is 2. The van der Waals surface area contributed by atoms with Gasteiger partial charge in [0.25, 0.3) is 0 Å². The van der Waals surface area contributed by atoms with Crippen LogP contribution in [0.5, 0.6) is 11.5 Å². The SMILES string of the molecule is C=C/C=C(\C=C)c1cc(Nc2ccc(CCNCC(O)c3ccc(OCc4ccccc4)c(NC)c3/C=C\C=O)cc2)ccc1OC. The first kappa shape index (κ1) is 34.5. The van der Waals surface area contributed by atoms with E-state index in [1.165, 1.54) is 11.6 Å². The van der Waals surface area contributed by atoms with Gasteiger partial charge in [0.1, 0.15) is 24.4 Å². The standard InChI is InChI=1S/C40H43N3O4/c1-5-11-31(6-2)36-26-33(19-21-38(36)46-4)43-32-17-15-29(16-18-32)23-24-42-27-37(45)34-20-22-39(40(41-3)35(34)14-10-25-44)47-28-30-12-8-7-9-13-30/h5-22,25-26,37,41-43,45H,1-2,23-24,27-28H2,3-4H3/b14-10-,31-11+. The van der Waals surface area contributed by atoms with Crippen LogP contribution in [-0.2, 0) is 17.8 Å². The predicted molar refractivity (Wildman–Crippen MR) is 194 cm³/mol. The highest BCUT2D eigenvalue weighted by Crippen LogP contribution is 2.35. The van der Waals surface area contributed by atoms with Crippen LogP contribution in [0, 0.1) is 0 Å². The Morgan fingerprint density at radius 3 is 2.36 bits per heavy atom. The summed E-state index contributed by atoms with van der Waals surface area (Å²) >= 11 is 0. The van der Waals surface area contributed by atoms with E-state index in [1.54, 1.807) is 32.4 Å². The molecule has 0 saturated carbocycles. The molecular weight excluding hydrogens is 586 g/mol. The normalized spacial score (nSPS) is 11.9. The van der Waals surface area contributed by atoms with E-state index in [2.05, 4.69) is 53.4 Å². The molecule has 0 heterocycles. The average molecular weight is 630 g/mol. The van der Waals surface area contributed by atoms with Crippen LogP contribution in [0.1, 0.15) is 33.9 Å². The number of allylic oxidation sites excluding steroid dienone is 5. The molecule has 7 nitrogen and oxygen atoms in total. The number of anilines is 3. The number of rotatable bonds is 18. The molecule has 4 aromatic rings. The molecule has 0 fully saturated rings. The Morgan fingerprint density at radius 1 is 0.936 bits per heavy atom. The summed E-state index contributed by atoms with van der Waals surface area (Å²) in [6, 6.07) is 27.8. The van der Waals surface area contributed by atoms with Gasteiger partial charge < -0.3 is 30.5 Å².